The van der Waals surface area contributed by atoms with Crippen LogP contribution in [0.5, 0.6) is 5.75 Å². The van der Waals surface area contributed by atoms with Gasteiger partial charge < -0.3 is 9.84 Å². The van der Waals surface area contributed by atoms with Crippen molar-refractivity contribution in [1.29, 1.82) is 0 Å². The molecule has 1 N–H and O–H groups in total. The van der Waals surface area contributed by atoms with Crippen LogP contribution in [-0.4, -0.2) is 57.5 Å². The Morgan fingerprint density at radius 1 is 0.965 bits per heavy atom. The molecule has 2 aliphatic carbocycles. The summed E-state index contributed by atoms with van der Waals surface area (Å²) in [5, 5.41) is 15.8. The zero-order chi connectivity index (χ0) is 40.1. The fourth-order valence-electron chi connectivity index (χ4n) is 9.85. The van der Waals surface area contributed by atoms with Crippen LogP contribution in [0, 0.1) is 36.0 Å². The van der Waals surface area contributed by atoms with Crippen LogP contribution in [0.3, 0.4) is 0 Å². The van der Waals surface area contributed by atoms with Crippen LogP contribution in [0.1, 0.15) is 54.1 Å². The molecule has 13 heteroatoms. The third-order valence-electron chi connectivity index (χ3n) is 12.6. The highest BCUT2D eigenvalue weighted by Crippen LogP contribution is 2.64. The normalized spacial score (nSPS) is 25.5. The maximum atomic E-state index is 15.2. The second-order valence-electron chi connectivity index (χ2n) is 15.6. The van der Waals surface area contributed by atoms with Crippen LogP contribution in [0.2, 0.25) is 5.02 Å². The molecule has 0 bridgehead atoms. The van der Waals surface area contributed by atoms with E-state index in [0.717, 1.165) is 31.7 Å². The van der Waals surface area contributed by atoms with Crippen molar-refractivity contribution < 1.29 is 33.8 Å². The lowest BCUT2D eigenvalue weighted by molar-refractivity contribution is -0.131. The Bertz CT molecular complexity index is 2580. The van der Waals surface area contributed by atoms with Crippen molar-refractivity contribution in [2.75, 3.05) is 23.0 Å². The zero-order valence-electron chi connectivity index (χ0n) is 31.7. The summed E-state index contributed by atoms with van der Waals surface area (Å²) in [5.41, 5.74) is 2.88. The van der Waals surface area contributed by atoms with Crippen LogP contribution in [0.25, 0.3) is 20.7 Å². The van der Waals surface area contributed by atoms with E-state index in [9.17, 15) is 24.3 Å². The molecule has 2 aliphatic heterocycles. The number of carbonyl (C=O) groups excluding carboxylic acids is 5. The fraction of sp³-hybridized carbons (Fsp3) is 0.318. The van der Waals surface area contributed by atoms with E-state index in [1.54, 1.807) is 65.5 Å². The number of Topliss-reactive ketones (excluding diaryl/α,β-unsaturated/α-hetero) is 1. The summed E-state index contributed by atoms with van der Waals surface area (Å²) < 4.78 is 8.27. The van der Waals surface area contributed by atoms with Gasteiger partial charge in [-0.1, -0.05) is 35.4 Å². The van der Waals surface area contributed by atoms with Crippen LogP contribution in [0.4, 0.5) is 11.5 Å². The van der Waals surface area contributed by atoms with Crippen LogP contribution in [-0.2, 0) is 26.2 Å². The van der Waals surface area contributed by atoms with Gasteiger partial charge in [0.1, 0.15) is 23.9 Å². The van der Waals surface area contributed by atoms with Crippen molar-refractivity contribution in [2.24, 2.45) is 36.1 Å². The summed E-state index contributed by atoms with van der Waals surface area (Å²) in [6.07, 6.45) is 2.52. The molecule has 3 aromatic carbocycles. The predicted molar refractivity (Wildman–Crippen MR) is 216 cm³/mol. The van der Waals surface area contributed by atoms with Gasteiger partial charge in [0, 0.05) is 34.3 Å². The van der Waals surface area contributed by atoms with E-state index >= 15 is 4.79 Å². The van der Waals surface area contributed by atoms with E-state index < -0.39 is 35.0 Å². The molecule has 2 aromatic heterocycles. The largest absolute Gasteiger partial charge is 0.491 e. The Morgan fingerprint density at radius 2 is 1.70 bits per heavy atom. The Morgan fingerprint density at radius 3 is 2.40 bits per heavy atom. The van der Waals surface area contributed by atoms with Gasteiger partial charge in [-0.15, -0.1) is 11.3 Å². The lowest BCUT2D eigenvalue weighted by Crippen LogP contribution is -2.48. The first kappa shape index (κ1) is 37.2. The number of aliphatic hydroxyl groups excluding tert-OH is 1. The number of benzene rings is 3. The summed E-state index contributed by atoms with van der Waals surface area (Å²) in [6.45, 7) is 5.28. The number of imide groups is 2. The number of nitrogens with zero attached hydrogens (tertiary/aromatic N) is 4. The highest BCUT2D eigenvalue weighted by atomic mass is 35.5. The second-order valence-corrected chi connectivity index (χ2v) is 17.1. The molecule has 6 atom stereocenters. The molecule has 5 aromatic rings. The first-order valence-corrected chi connectivity index (χ1v) is 20.2. The number of hydrogen-bond acceptors (Lipinski definition) is 9. The fourth-order valence-corrected chi connectivity index (χ4v) is 11.2. The van der Waals surface area contributed by atoms with Gasteiger partial charge in [0.2, 0.25) is 23.6 Å². The number of halogens is 1. The minimum Gasteiger partial charge on any atom is -0.491 e. The van der Waals surface area contributed by atoms with Gasteiger partial charge in [0.25, 0.3) is 0 Å². The molecule has 4 heterocycles. The first-order chi connectivity index (χ1) is 27.3. The van der Waals surface area contributed by atoms with Gasteiger partial charge in [-0.05, 0) is 111 Å². The van der Waals surface area contributed by atoms with Crippen LogP contribution < -0.4 is 14.5 Å². The highest BCUT2D eigenvalue weighted by Gasteiger charge is 2.68. The molecule has 3 fully saturated rings. The third-order valence-corrected chi connectivity index (χ3v) is 14.1. The Kier molecular flexibility index (Phi) is 8.87. The second kappa shape index (κ2) is 13.6. The average Bonchev–Trinajstić information content (AvgIpc) is 3.87. The maximum absolute atomic E-state index is 15.2. The molecule has 1 saturated carbocycles. The van der Waals surface area contributed by atoms with Gasteiger partial charge >= 0.3 is 0 Å². The van der Waals surface area contributed by atoms with Crippen LogP contribution in [0.15, 0.2) is 84.4 Å². The number of carbonyl (C=O) groups is 5. The van der Waals surface area contributed by atoms with Gasteiger partial charge in [0.15, 0.2) is 5.78 Å². The van der Waals surface area contributed by atoms with Crippen molar-refractivity contribution in [3.05, 3.63) is 106 Å². The number of ether oxygens (including phenoxy) is 1. The molecule has 290 valence electrons. The van der Waals surface area contributed by atoms with Gasteiger partial charge in [-0.3, -0.25) is 33.6 Å². The molecule has 11 nitrogen and oxygen atoms in total. The van der Waals surface area contributed by atoms with E-state index in [1.165, 1.54) is 16.7 Å². The van der Waals surface area contributed by atoms with Gasteiger partial charge in [-0.2, -0.15) is 5.10 Å². The topological polar surface area (TPSA) is 139 Å². The molecule has 2 saturated heterocycles. The molecule has 57 heavy (non-hydrogen) atoms. The quantitative estimate of drug-likeness (QED) is 0.0983. The predicted octanol–water partition coefficient (Wildman–Crippen LogP) is 7.27. The van der Waals surface area contributed by atoms with Crippen molar-refractivity contribution in [1.82, 2.24) is 9.78 Å². The lowest BCUT2D eigenvalue weighted by atomic mass is 9.51. The van der Waals surface area contributed by atoms with Crippen molar-refractivity contribution in [2.45, 2.75) is 39.5 Å². The number of rotatable bonds is 8. The summed E-state index contributed by atoms with van der Waals surface area (Å²) in [7, 11) is 1.72. The van der Waals surface area contributed by atoms with Crippen molar-refractivity contribution in [3.8, 4) is 16.3 Å². The first-order valence-electron chi connectivity index (χ1n) is 19.0. The van der Waals surface area contributed by atoms with E-state index in [1.807, 2.05) is 50.3 Å². The molecule has 0 unspecified atom stereocenters. The SMILES string of the molecule is CC(=O)c1ccc(N2C(=O)[C@H]3[C@H](CC=C4[C@H]3C[C@H]3C(=O)N(c5cc(-c6sc7ccc(Cl)cc7c6C)nn5C)C(=O)[C@@]3(C)[C@H]4c3ccc(OCCO)cc3)C2=O)cc1. The van der Waals surface area contributed by atoms with Crippen molar-refractivity contribution >= 4 is 73.9 Å². The van der Waals surface area contributed by atoms with E-state index in [0.29, 0.717) is 40.0 Å². The summed E-state index contributed by atoms with van der Waals surface area (Å²) >= 11 is 7.89. The molecule has 9 rings (SSSR count). The standard InChI is InChI=1S/C44H39ClN4O7S/c1-22-31-19-26(45)9-16-35(31)57-39(22)34-21-36(47(4)46-34)49-41(53)33-20-32-29(38(44(33,3)43(49)55)25-7-12-28(13-8-25)56-18-17-50)14-15-30-37(32)42(54)48(40(30)52)27-10-5-24(6-11-27)23(2)51/h5-14,16,19,21,30,32-33,37-38,50H,15,17-18,20H2,1-4H3/t30-,32+,33-,37-,38-,44+/m0/s1. The third kappa shape index (κ3) is 5.55. The Labute approximate surface area is 337 Å². The molecule has 0 radical (unpaired) electrons. The molecular formula is C44H39ClN4O7S. The van der Waals surface area contributed by atoms with E-state index in [4.69, 9.17) is 21.4 Å². The number of aromatic nitrogens is 2. The van der Waals surface area contributed by atoms with Crippen LogP contribution >= 0.6 is 22.9 Å². The molecule has 4 amide bonds. The number of fused-ring (bicyclic) bond motifs is 5. The summed E-state index contributed by atoms with van der Waals surface area (Å²) in [5.74, 6) is -3.95. The van der Waals surface area contributed by atoms with Gasteiger partial charge in [-0.25, -0.2) is 4.90 Å². The lowest BCUT2D eigenvalue weighted by Gasteiger charge is -2.49. The molecular weight excluding hydrogens is 764 g/mol. The number of ketones is 1. The number of thiophene rings is 1. The molecule has 0 spiro atoms. The minimum absolute atomic E-state index is 0.117. The minimum atomic E-state index is -1.25. The van der Waals surface area contributed by atoms with E-state index in [-0.39, 0.29) is 49.0 Å². The van der Waals surface area contributed by atoms with E-state index in [2.05, 4.69) is 0 Å². The smallest absolute Gasteiger partial charge is 0.242 e. The number of amides is 4. The highest BCUT2D eigenvalue weighted by molar-refractivity contribution is 7.22. The number of aliphatic hydroxyl groups is 1. The number of aryl methyl sites for hydroxylation is 2. The van der Waals surface area contributed by atoms with Gasteiger partial charge in [0.05, 0.1) is 40.3 Å². The monoisotopic (exact) mass is 802 g/mol. The summed E-state index contributed by atoms with van der Waals surface area (Å²) in [6, 6.07) is 21.3. The molecule has 4 aliphatic rings. The number of allylic oxidation sites excluding steroid dienone is 2. The Balaban J connectivity index is 1.13. The number of anilines is 2. The maximum Gasteiger partial charge on any atom is 0.242 e. The average molecular weight is 803 g/mol. The summed E-state index contributed by atoms with van der Waals surface area (Å²) in [4.78, 5) is 74.0. The number of hydrogen-bond donors (Lipinski definition) is 1. The zero-order valence-corrected chi connectivity index (χ0v) is 33.3. The Hall–Kier alpha value is -5.43. The van der Waals surface area contributed by atoms with Crippen molar-refractivity contribution in [3.63, 3.8) is 0 Å².